The predicted molar refractivity (Wildman–Crippen MR) is 83.8 cm³/mol. The van der Waals surface area contributed by atoms with Crippen molar-refractivity contribution in [3.05, 3.63) is 59.7 Å². The average Bonchev–Trinajstić information content (AvgIpc) is 2.92. The van der Waals surface area contributed by atoms with Crippen LogP contribution in [0.4, 0.5) is 4.39 Å². The number of hydrogen-bond donors (Lipinski definition) is 0. The van der Waals surface area contributed by atoms with Gasteiger partial charge in [0.25, 0.3) is 0 Å². The Balaban J connectivity index is 2.09. The summed E-state index contributed by atoms with van der Waals surface area (Å²) in [4.78, 5) is 14.7. The Morgan fingerprint density at radius 3 is 2.64 bits per heavy atom. The van der Waals surface area contributed by atoms with Crippen molar-refractivity contribution >= 4 is 5.91 Å². The molecule has 1 aromatic heterocycles. The Morgan fingerprint density at radius 1 is 1.18 bits per heavy atom. The van der Waals surface area contributed by atoms with Gasteiger partial charge in [-0.3, -0.25) is 4.79 Å². The molecule has 116 valence electrons. The number of halogens is 1. The summed E-state index contributed by atoms with van der Waals surface area (Å²) in [6.07, 6.45) is 2.01. The molecule has 1 amide bonds. The van der Waals surface area contributed by atoms with E-state index < -0.39 is 5.41 Å². The molecule has 1 aliphatic rings. The molecule has 0 fully saturated rings. The molecule has 3 nitrogen and oxygen atoms in total. The maximum atomic E-state index is 13.7. The van der Waals surface area contributed by atoms with Crippen LogP contribution in [0.5, 0.6) is 0 Å². The summed E-state index contributed by atoms with van der Waals surface area (Å²) in [6, 6.07) is 10.3. The van der Waals surface area contributed by atoms with Crippen LogP contribution in [0, 0.1) is 11.2 Å². The highest BCUT2D eigenvalue weighted by molar-refractivity contribution is 5.82. The lowest BCUT2D eigenvalue weighted by atomic mass is 9.91. The van der Waals surface area contributed by atoms with Crippen LogP contribution in [0.15, 0.2) is 42.6 Å². The minimum Gasteiger partial charge on any atom is -0.348 e. The van der Waals surface area contributed by atoms with Gasteiger partial charge in [-0.2, -0.15) is 0 Å². The van der Waals surface area contributed by atoms with Gasteiger partial charge in [-0.05, 0) is 29.8 Å². The molecule has 1 unspecified atom stereocenters. The number of carbonyl (C=O) groups excluding carboxylic acids is 1. The van der Waals surface area contributed by atoms with Crippen molar-refractivity contribution in [3.63, 3.8) is 0 Å². The highest BCUT2D eigenvalue weighted by Gasteiger charge is 2.36. The molecule has 22 heavy (non-hydrogen) atoms. The summed E-state index contributed by atoms with van der Waals surface area (Å²) in [5.41, 5.74) is 1.40. The first-order valence-corrected chi connectivity index (χ1v) is 7.59. The lowest BCUT2D eigenvalue weighted by molar-refractivity contribution is -0.142. The topological polar surface area (TPSA) is 25.2 Å². The maximum Gasteiger partial charge on any atom is 0.228 e. The summed E-state index contributed by atoms with van der Waals surface area (Å²) in [6.45, 7) is 7.18. The Bertz CT molecular complexity index is 699. The van der Waals surface area contributed by atoms with Crippen molar-refractivity contribution < 1.29 is 9.18 Å². The Labute approximate surface area is 130 Å². The molecule has 1 aromatic carbocycles. The van der Waals surface area contributed by atoms with Crippen molar-refractivity contribution in [3.8, 4) is 0 Å². The van der Waals surface area contributed by atoms with Crippen molar-refractivity contribution in [1.82, 2.24) is 9.47 Å². The minimum absolute atomic E-state index is 0.0919. The minimum atomic E-state index is -0.458. The van der Waals surface area contributed by atoms with Crippen molar-refractivity contribution in [2.45, 2.75) is 33.4 Å². The summed E-state index contributed by atoms with van der Waals surface area (Å²) in [7, 11) is 0. The summed E-state index contributed by atoms with van der Waals surface area (Å²) in [5.74, 6) is -0.182. The van der Waals surface area contributed by atoms with E-state index in [9.17, 15) is 9.18 Å². The molecule has 4 heteroatoms. The van der Waals surface area contributed by atoms with Crippen molar-refractivity contribution in [1.29, 1.82) is 0 Å². The van der Waals surface area contributed by atoms with Gasteiger partial charge in [0.1, 0.15) is 5.82 Å². The van der Waals surface area contributed by atoms with E-state index in [1.165, 1.54) is 12.1 Å². The van der Waals surface area contributed by atoms with Gasteiger partial charge in [-0.25, -0.2) is 4.39 Å². The Hall–Kier alpha value is -2.10. The smallest absolute Gasteiger partial charge is 0.228 e. The second-order valence-electron chi connectivity index (χ2n) is 6.83. The van der Waals surface area contributed by atoms with Gasteiger partial charge in [0.05, 0.1) is 6.04 Å². The molecule has 1 atom stereocenters. The lowest BCUT2D eigenvalue weighted by Crippen LogP contribution is -2.47. The van der Waals surface area contributed by atoms with E-state index in [-0.39, 0.29) is 17.8 Å². The fourth-order valence-corrected chi connectivity index (χ4v) is 3.06. The number of benzene rings is 1. The second-order valence-corrected chi connectivity index (χ2v) is 6.83. The molecule has 0 aliphatic carbocycles. The molecule has 0 N–H and O–H groups in total. The number of amides is 1. The maximum absolute atomic E-state index is 13.7. The third-order valence-corrected chi connectivity index (χ3v) is 4.11. The standard InChI is InChI=1S/C18H21FN2O/c1-18(2,3)17(22)21-11-10-20-9-5-8-15(20)16(21)13-6-4-7-14(19)12-13/h4-9,12,16H,10-11H2,1-3H3. The summed E-state index contributed by atoms with van der Waals surface area (Å²) < 4.78 is 15.8. The first kappa shape index (κ1) is 14.8. The fraction of sp³-hybridized carbons (Fsp3) is 0.389. The summed E-state index contributed by atoms with van der Waals surface area (Å²) in [5, 5.41) is 0. The van der Waals surface area contributed by atoms with Crippen molar-refractivity contribution in [2.24, 2.45) is 5.41 Å². The van der Waals surface area contributed by atoms with Gasteiger partial charge in [-0.1, -0.05) is 32.9 Å². The monoisotopic (exact) mass is 300 g/mol. The van der Waals surface area contributed by atoms with Crippen LogP contribution >= 0.6 is 0 Å². The SMILES string of the molecule is CC(C)(C)C(=O)N1CCn2cccc2C1c1cccc(F)c1. The largest absolute Gasteiger partial charge is 0.348 e. The third kappa shape index (κ3) is 2.54. The number of hydrogen-bond acceptors (Lipinski definition) is 1. The van der Waals surface area contributed by atoms with Gasteiger partial charge in [0.15, 0.2) is 0 Å². The van der Waals surface area contributed by atoms with Crippen LogP contribution in [0.1, 0.15) is 38.1 Å². The molecular formula is C18H21FN2O. The van der Waals surface area contributed by atoms with Crippen molar-refractivity contribution in [2.75, 3.05) is 6.54 Å². The van der Waals surface area contributed by atoms with Gasteiger partial charge in [0.2, 0.25) is 5.91 Å². The molecule has 0 spiro atoms. The highest BCUT2D eigenvalue weighted by atomic mass is 19.1. The van der Waals surface area contributed by atoms with Crippen LogP contribution in [0.3, 0.4) is 0 Å². The zero-order chi connectivity index (χ0) is 15.9. The molecule has 2 heterocycles. The first-order valence-electron chi connectivity index (χ1n) is 7.59. The number of rotatable bonds is 1. The normalized spacial score (nSPS) is 18.2. The van der Waals surface area contributed by atoms with Gasteiger partial charge in [-0.15, -0.1) is 0 Å². The van der Waals surface area contributed by atoms with Crippen LogP contribution < -0.4 is 0 Å². The quantitative estimate of drug-likeness (QED) is 0.790. The van der Waals surface area contributed by atoms with E-state index in [1.54, 1.807) is 6.07 Å². The third-order valence-electron chi connectivity index (χ3n) is 4.11. The Kier molecular flexibility index (Phi) is 3.55. The lowest BCUT2D eigenvalue weighted by Gasteiger charge is -2.40. The van der Waals surface area contributed by atoms with E-state index in [1.807, 2.05) is 50.1 Å². The summed E-state index contributed by atoms with van der Waals surface area (Å²) >= 11 is 0. The first-order chi connectivity index (χ1) is 10.4. The fourth-order valence-electron chi connectivity index (χ4n) is 3.06. The molecule has 2 aromatic rings. The highest BCUT2D eigenvalue weighted by Crippen LogP contribution is 2.35. The van der Waals surface area contributed by atoms with Gasteiger partial charge < -0.3 is 9.47 Å². The molecule has 3 rings (SSSR count). The number of aromatic nitrogens is 1. The number of fused-ring (bicyclic) bond motifs is 1. The number of carbonyl (C=O) groups is 1. The van der Waals surface area contributed by atoms with Crippen LogP contribution in [-0.4, -0.2) is 21.9 Å². The molecule has 0 saturated heterocycles. The van der Waals surface area contributed by atoms with E-state index in [0.717, 1.165) is 17.8 Å². The Morgan fingerprint density at radius 2 is 1.95 bits per heavy atom. The van der Waals surface area contributed by atoms with E-state index in [0.29, 0.717) is 6.54 Å². The number of nitrogens with zero attached hydrogens (tertiary/aromatic N) is 2. The molecular weight excluding hydrogens is 279 g/mol. The molecule has 0 radical (unpaired) electrons. The zero-order valence-electron chi connectivity index (χ0n) is 13.2. The van der Waals surface area contributed by atoms with E-state index in [2.05, 4.69) is 4.57 Å². The molecule has 1 aliphatic heterocycles. The van der Waals surface area contributed by atoms with Crippen LogP contribution in [0.2, 0.25) is 0 Å². The van der Waals surface area contributed by atoms with E-state index in [4.69, 9.17) is 0 Å². The van der Waals surface area contributed by atoms with Crippen LogP contribution in [-0.2, 0) is 11.3 Å². The molecule has 0 saturated carbocycles. The van der Waals surface area contributed by atoms with Gasteiger partial charge >= 0.3 is 0 Å². The average molecular weight is 300 g/mol. The zero-order valence-corrected chi connectivity index (χ0v) is 13.2. The second kappa shape index (κ2) is 5.27. The molecule has 0 bridgehead atoms. The van der Waals surface area contributed by atoms with Gasteiger partial charge in [0, 0.05) is 30.4 Å². The van der Waals surface area contributed by atoms with Crippen LogP contribution in [0.25, 0.3) is 0 Å². The predicted octanol–water partition coefficient (Wildman–Crippen LogP) is 3.60. The van der Waals surface area contributed by atoms with E-state index >= 15 is 0 Å².